The molecule has 0 radical (unpaired) electrons. The van der Waals surface area contributed by atoms with Gasteiger partial charge in [-0.2, -0.15) is 0 Å². The molecule has 0 aliphatic rings. The Kier molecular flexibility index (Phi) is 5.36. The third-order valence-corrected chi connectivity index (χ3v) is 3.86. The van der Waals surface area contributed by atoms with Gasteiger partial charge >= 0.3 is 6.36 Å². The van der Waals surface area contributed by atoms with E-state index in [1.807, 2.05) is 0 Å². The van der Waals surface area contributed by atoms with Crippen molar-refractivity contribution in [1.29, 1.82) is 0 Å². The standard InChI is InChI=1S/C16H14F3NO4S/c1-25(22,23)10-11-6-8-12(9-7-11)15(21)20-13-4-2-3-5-14(13)24-16(17,18)19/h2-9H,10H2,1H3,(H,20,21). The second-order valence-electron chi connectivity index (χ2n) is 5.27. The Balaban J connectivity index is 2.15. The predicted octanol–water partition coefficient (Wildman–Crippen LogP) is 3.38. The van der Waals surface area contributed by atoms with Crippen LogP contribution in [0.1, 0.15) is 15.9 Å². The maximum absolute atomic E-state index is 12.4. The lowest BCUT2D eigenvalue weighted by Gasteiger charge is -2.14. The summed E-state index contributed by atoms with van der Waals surface area (Å²) in [6.45, 7) is 0. The maximum Gasteiger partial charge on any atom is 0.573 e. The average Bonchev–Trinajstić information content (AvgIpc) is 2.47. The molecule has 0 fully saturated rings. The number of para-hydroxylation sites is 2. The Hall–Kier alpha value is -2.55. The molecule has 2 aromatic carbocycles. The third-order valence-electron chi connectivity index (χ3n) is 3.01. The van der Waals surface area contributed by atoms with Crippen molar-refractivity contribution in [2.24, 2.45) is 0 Å². The molecule has 0 saturated heterocycles. The molecule has 0 heterocycles. The number of halogens is 3. The minimum Gasteiger partial charge on any atom is -0.404 e. The van der Waals surface area contributed by atoms with Crippen molar-refractivity contribution in [1.82, 2.24) is 0 Å². The number of anilines is 1. The van der Waals surface area contributed by atoms with Crippen LogP contribution in [0.2, 0.25) is 0 Å². The number of hydrogen-bond donors (Lipinski definition) is 1. The number of benzene rings is 2. The molecule has 2 aromatic rings. The van der Waals surface area contributed by atoms with Crippen molar-refractivity contribution in [3.63, 3.8) is 0 Å². The summed E-state index contributed by atoms with van der Waals surface area (Å²) in [4.78, 5) is 12.2. The van der Waals surface area contributed by atoms with Crippen molar-refractivity contribution in [3.8, 4) is 5.75 Å². The van der Waals surface area contributed by atoms with Gasteiger partial charge in [0.15, 0.2) is 15.6 Å². The van der Waals surface area contributed by atoms with E-state index < -0.39 is 27.9 Å². The quantitative estimate of drug-likeness (QED) is 0.872. The zero-order valence-corrected chi connectivity index (χ0v) is 13.8. The van der Waals surface area contributed by atoms with Crippen LogP contribution in [-0.2, 0) is 15.6 Å². The van der Waals surface area contributed by atoms with Crippen LogP contribution in [-0.4, -0.2) is 26.9 Å². The Morgan fingerprint density at radius 3 is 2.24 bits per heavy atom. The first-order valence-electron chi connectivity index (χ1n) is 6.96. The largest absolute Gasteiger partial charge is 0.573 e. The summed E-state index contributed by atoms with van der Waals surface area (Å²) in [5.41, 5.74) is 0.531. The van der Waals surface area contributed by atoms with Crippen LogP contribution in [0.25, 0.3) is 0 Å². The summed E-state index contributed by atoms with van der Waals surface area (Å²) in [5, 5.41) is 2.33. The smallest absolute Gasteiger partial charge is 0.404 e. The first kappa shape index (κ1) is 18.8. The number of carbonyl (C=O) groups is 1. The molecule has 0 aliphatic heterocycles. The molecule has 0 atom stereocenters. The maximum atomic E-state index is 12.4. The number of amides is 1. The minimum absolute atomic E-state index is 0.134. The van der Waals surface area contributed by atoms with Gasteiger partial charge in [0, 0.05) is 11.8 Å². The van der Waals surface area contributed by atoms with Gasteiger partial charge in [0.05, 0.1) is 11.4 Å². The van der Waals surface area contributed by atoms with E-state index in [-0.39, 0.29) is 17.0 Å². The van der Waals surface area contributed by atoms with Gasteiger partial charge in [-0.1, -0.05) is 24.3 Å². The summed E-state index contributed by atoms with van der Waals surface area (Å²) in [7, 11) is -3.21. The number of sulfone groups is 1. The van der Waals surface area contributed by atoms with Crippen LogP contribution >= 0.6 is 0 Å². The second kappa shape index (κ2) is 7.14. The lowest BCUT2D eigenvalue weighted by atomic mass is 10.1. The number of alkyl halides is 3. The van der Waals surface area contributed by atoms with Crippen molar-refractivity contribution < 1.29 is 31.1 Å². The summed E-state index contributed by atoms with van der Waals surface area (Å²) in [6, 6.07) is 10.9. The van der Waals surface area contributed by atoms with E-state index in [0.29, 0.717) is 5.56 Å². The Morgan fingerprint density at radius 2 is 1.68 bits per heavy atom. The Labute approximate surface area is 142 Å². The lowest BCUT2D eigenvalue weighted by molar-refractivity contribution is -0.274. The van der Waals surface area contributed by atoms with Crippen LogP contribution in [0.15, 0.2) is 48.5 Å². The Morgan fingerprint density at radius 1 is 1.08 bits per heavy atom. The lowest BCUT2D eigenvalue weighted by Crippen LogP contribution is -2.19. The van der Waals surface area contributed by atoms with Crippen LogP contribution in [0.5, 0.6) is 5.75 Å². The fourth-order valence-electron chi connectivity index (χ4n) is 2.03. The van der Waals surface area contributed by atoms with E-state index in [1.54, 1.807) is 0 Å². The predicted molar refractivity (Wildman–Crippen MR) is 86.1 cm³/mol. The van der Waals surface area contributed by atoms with Gasteiger partial charge in [0.2, 0.25) is 0 Å². The van der Waals surface area contributed by atoms with Crippen molar-refractivity contribution in [2.75, 3.05) is 11.6 Å². The summed E-state index contributed by atoms with van der Waals surface area (Å²) in [6.07, 6.45) is -3.79. The van der Waals surface area contributed by atoms with Crippen molar-refractivity contribution in [2.45, 2.75) is 12.1 Å². The number of ether oxygens (including phenoxy) is 1. The van der Waals surface area contributed by atoms with Gasteiger partial charge in [0.1, 0.15) is 0 Å². The van der Waals surface area contributed by atoms with Gasteiger partial charge in [0.25, 0.3) is 5.91 Å². The van der Waals surface area contributed by atoms with Crippen LogP contribution in [0.3, 0.4) is 0 Å². The Bertz CT molecular complexity index is 862. The first-order chi connectivity index (χ1) is 11.5. The average molecular weight is 373 g/mol. The normalized spacial score (nSPS) is 11.8. The summed E-state index contributed by atoms with van der Waals surface area (Å²) in [5.74, 6) is -1.35. The fourth-order valence-corrected chi connectivity index (χ4v) is 2.83. The molecule has 0 unspecified atom stereocenters. The molecular formula is C16H14F3NO4S. The molecule has 0 saturated carbocycles. The number of carbonyl (C=O) groups excluding carboxylic acids is 1. The van der Waals surface area contributed by atoms with Gasteiger partial charge < -0.3 is 10.1 Å². The fraction of sp³-hybridized carbons (Fsp3) is 0.188. The molecule has 0 spiro atoms. The second-order valence-corrected chi connectivity index (χ2v) is 7.41. The molecule has 0 aromatic heterocycles. The molecule has 134 valence electrons. The van der Waals surface area contributed by atoms with Gasteiger partial charge in [-0.15, -0.1) is 13.2 Å². The summed E-state index contributed by atoms with van der Waals surface area (Å²) < 4.78 is 63.4. The van der Waals surface area contributed by atoms with E-state index in [0.717, 1.165) is 12.3 Å². The highest BCUT2D eigenvalue weighted by Gasteiger charge is 2.32. The van der Waals surface area contributed by atoms with E-state index in [4.69, 9.17) is 0 Å². The van der Waals surface area contributed by atoms with E-state index in [2.05, 4.69) is 10.1 Å². The van der Waals surface area contributed by atoms with Crippen molar-refractivity contribution in [3.05, 3.63) is 59.7 Å². The van der Waals surface area contributed by atoms with E-state index in [1.165, 1.54) is 42.5 Å². The third kappa shape index (κ3) is 6.11. The van der Waals surface area contributed by atoms with Crippen LogP contribution in [0.4, 0.5) is 18.9 Å². The molecule has 5 nitrogen and oxygen atoms in total. The summed E-state index contributed by atoms with van der Waals surface area (Å²) >= 11 is 0. The monoisotopic (exact) mass is 373 g/mol. The molecule has 9 heteroatoms. The molecule has 0 aliphatic carbocycles. The zero-order valence-electron chi connectivity index (χ0n) is 13.0. The van der Waals surface area contributed by atoms with Gasteiger partial charge in [-0.05, 0) is 29.8 Å². The number of nitrogens with one attached hydrogen (secondary N) is 1. The molecule has 0 bridgehead atoms. The zero-order chi connectivity index (χ0) is 18.7. The highest BCUT2D eigenvalue weighted by molar-refractivity contribution is 7.89. The minimum atomic E-state index is -4.88. The van der Waals surface area contributed by atoms with Crippen molar-refractivity contribution >= 4 is 21.4 Å². The SMILES string of the molecule is CS(=O)(=O)Cc1ccc(C(=O)Nc2ccccc2OC(F)(F)F)cc1. The van der Waals surface area contributed by atoms with Gasteiger partial charge in [-0.25, -0.2) is 8.42 Å². The van der Waals surface area contributed by atoms with E-state index in [9.17, 15) is 26.4 Å². The number of rotatable bonds is 5. The van der Waals surface area contributed by atoms with Crippen LogP contribution in [0, 0.1) is 0 Å². The topological polar surface area (TPSA) is 72.5 Å². The molecule has 2 rings (SSSR count). The highest BCUT2D eigenvalue weighted by Crippen LogP contribution is 2.30. The number of hydrogen-bond acceptors (Lipinski definition) is 4. The highest BCUT2D eigenvalue weighted by atomic mass is 32.2. The van der Waals surface area contributed by atoms with Crippen LogP contribution < -0.4 is 10.1 Å². The molecular weight excluding hydrogens is 359 g/mol. The molecule has 1 N–H and O–H groups in total. The molecule has 1 amide bonds. The van der Waals surface area contributed by atoms with E-state index >= 15 is 0 Å². The van der Waals surface area contributed by atoms with Gasteiger partial charge in [-0.3, -0.25) is 4.79 Å². The molecule has 25 heavy (non-hydrogen) atoms. The first-order valence-corrected chi connectivity index (χ1v) is 9.02.